The van der Waals surface area contributed by atoms with Gasteiger partial charge in [-0.25, -0.2) is 8.42 Å². The maximum Gasteiger partial charge on any atom is 0.244 e. The highest BCUT2D eigenvalue weighted by molar-refractivity contribution is 7.89. The molecule has 1 fully saturated rings. The van der Waals surface area contributed by atoms with Crippen LogP contribution >= 0.6 is 0 Å². The van der Waals surface area contributed by atoms with Crippen LogP contribution in [0.5, 0.6) is 0 Å². The number of hydrogen-bond donors (Lipinski definition) is 1. The number of nitrogens with zero attached hydrogens (tertiary/aromatic N) is 1. The summed E-state index contributed by atoms with van der Waals surface area (Å²) >= 11 is 0. The molecule has 1 aliphatic rings. The summed E-state index contributed by atoms with van der Waals surface area (Å²) in [6, 6.07) is 1.82. The highest BCUT2D eigenvalue weighted by atomic mass is 32.2. The summed E-state index contributed by atoms with van der Waals surface area (Å²) in [6.45, 7) is 9.46. The van der Waals surface area contributed by atoms with E-state index in [0.717, 1.165) is 22.3 Å². The van der Waals surface area contributed by atoms with Gasteiger partial charge in [0.1, 0.15) is 0 Å². The highest BCUT2D eigenvalue weighted by Crippen LogP contribution is 2.29. The molecule has 1 N–H and O–H groups in total. The number of aryl methyl sites for hydroxylation is 2. The Labute approximate surface area is 126 Å². The lowest BCUT2D eigenvalue weighted by molar-refractivity contribution is -0.123. The molecule has 0 bridgehead atoms. The molecule has 2 rings (SSSR count). The van der Waals surface area contributed by atoms with E-state index >= 15 is 0 Å². The largest absolute Gasteiger partial charge is 0.351 e. The molecule has 1 saturated heterocycles. The Morgan fingerprint density at radius 3 is 2.14 bits per heavy atom. The van der Waals surface area contributed by atoms with Gasteiger partial charge in [-0.3, -0.25) is 4.79 Å². The molecule has 116 valence electrons. The fourth-order valence-electron chi connectivity index (χ4n) is 2.78. The summed E-state index contributed by atoms with van der Waals surface area (Å²) in [6.07, 6.45) is 0. The maximum absolute atomic E-state index is 13.0. The molecular formula is C15H22N2O3S. The van der Waals surface area contributed by atoms with E-state index in [2.05, 4.69) is 5.32 Å². The van der Waals surface area contributed by atoms with E-state index in [1.54, 1.807) is 6.92 Å². The molecule has 0 spiro atoms. The summed E-state index contributed by atoms with van der Waals surface area (Å²) < 4.78 is 27.2. The third kappa shape index (κ3) is 2.82. The lowest BCUT2D eigenvalue weighted by Gasteiger charge is -2.31. The highest BCUT2D eigenvalue weighted by Gasteiger charge is 2.34. The second-order valence-corrected chi connectivity index (χ2v) is 7.73. The normalized spacial score (nSPS) is 20.4. The zero-order valence-corrected chi connectivity index (χ0v) is 14.0. The van der Waals surface area contributed by atoms with Gasteiger partial charge in [-0.15, -0.1) is 0 Å². The molecule has 1 aliphatic heterocycles. The molecule has 1 aromatic carbocycles. The van der Waals surface area contributed by atoms with Gasteiger partial charge in [0, 0.05) is 12.6 Å². The zero-order valence-electron chi connectivity index (χ0n) is 13.1. The Morgan fingerprint density at radius 2 is 1.67 bits per heavy atom. The fourth-order valence-corrected chi connectivity index (χ4v) is 4.84. The summed E-state index contributed by atoms with van der Waals surface area (Å²) in [4.78, 5) is 12.0. The van der Waals surface area contributed by atoms with Gasteiger partial charge in [0.15, 0.2) is 0 Å². The van der Waals surface area contributed by atoms with Crippen LogP contribution in [0.4, 0.5) is 0 Å². The van der Waals surface area contributed by atoms with Crippen molar-refractivity contribution in [1.82, 2.24) is 9.62 Å². The van der Waals surface area contributed by atoms with Crippen molar-refractivity contribution >= 4 is 15.9 Å². The predicted octanol–water partition coefficient (Wildman–Crippen LogP) is 1.43. The number of carbonyl (C=O) groups excluding carboxylic acids is 1. The number of carbonyl (C=O) groups is 1. The van der Waals surface area contributed by atoms with Crippen LogP contribution in [0.25, 0.3) is 0 Å². The predicted molar refractivity (Wildman–Crippen MR) is 81.8 cm³/mol. The molecule has 1 unspecified atom stereocenters. The lowest BCUT2D eigenvalue weighted by Crippen LogP contribution is -2.54. The van der Waals surface area contributed by atoms with Crippen molar-refractivity contribution in [3.63, 3.8) is 0 Å². The molecule has 6 heteroatoms. The first-order valence-corrected chi connectivity index (χ1v) is 8.45. The van der Waals surface area contributed by atoms with Crippen LogP contribution in [0.15, 0.2) is 11.0 Å². The monoisotopic (exact) mass is 310 g/mol. The quantitative estimate of drug-likeness (QED) is 0.898. The van der Waals surface area contributed by atoms with E-state index < -0.39 is 10.0 Å². The molecule has 5 nitrogen and oxygen atoms in total. The first-order chi connectivity index (χ1) is 9.64. The van der Waals surface area contributed by atoms with Gasteiger partial charge in [-0.2, -0.15) is 4.31 Å². The molecule has 1 aromatic rings. The van der Waals surface area contributed by atoms with Crippen LogP contribution < -0.4 is 5.32 Å². The average Bonchev–Trinajstić information content (AvgIpc) is 2.35. The average molecular weight is 310 g/mol. The van der Waals surface area contributed by atoms with Gasteiger partial charge in [-0.05, 0) is 56.9 Å². The minimum atomic E-state index is -3.66. The van der Waals surface area contributed by atoms with Crippen molar-refractivity contribution in [2.45, 2.75) is 45.6 Å². The maximum atomic E-state index is 13.0. The second-order valence-electron chi connectivity index (χ2n) is 5.86. The zero-order chi connectivity index (χ0) is 15.9. The Balaban J connectivity index is 2.57. The molecule has 1 heterocycles. The van der Waals surface area contributed by atoms with Crippen LogP contribution in [0.1, 0.15) is 29.2 Å². The van der Waals surface area contributed by atoms with Crippen LogP contribution in [0.3, 0.4) is 0 Å². The molecule has 0 aliphatic carbocycles. The Hall–Kier alpha value is -1.40. The number of piperazine rings is 1. The Bertz CT molecular complexity index is 669. The van der Waals surface area contributed by atoms with Crippen molar-refractivity contribution in [3.05, 3.63) is 28.3 Å². The molecule has 1 amide bonds. The fraction of sp³-hybridized carbons (Fsp3) is 0.533. The van der Waals surface area contributed by atoms with E-state index in [-0.39, 0.29) is 18.5 Å². The standard InChI is InChI=1S/C15H22N2O3S/c1-9-6-10(2)13(5)15(12(9)4)21(19,20)17-7-11(3)16-14(18)8-17/h6,11H,7-8H2,1-5H3,(H,16,18). The van der Waals surface area contributed by atoms with Crippen LogP contribution in [0, 0.1) is 27.7 Å². The van der Waals surface area contributed by atoms with E-state index in [4.69, 9.17) is 0 Å². The molecule has 0 aromatic heterocycles. The third-order valence-corrected chi connectivity index (χ3v) is 6.19. The minimum absolute atomic E-state index is 0.113. The van der Waals surface area contributed by atoms with Crippen molar-refractivity contribution in [3.8, 4) is 0 Å². The van der Waals surface area contributed by atoms with E-state index in [0.29, 0.717) is 11.4 Å². The van der Waals surface area contributed by atoms with Gasteiger partial charge < -0.3 is 5.32 Å². The van der Waals surface area contributed by atoms with E-state index in [9.17, 15) is 13.2 Å². The van der Waals surface area contributed by atoms with Crippen molar-refractivity contribution in [2.24, 2.45) is 0 Å². The van der Waals surface area contributed by atoms with Gasteiger partial charge in [-0.1, -0.05) is 6.07 Å². The Kier molecular flexibility index (Phi) is 4.13. The summed E-state index contributed by atoms with van der Waals surface area (Å²) in [7, 11) is -3.66. The SMILES string of the molecule is Cc1cc(C)c(C)c(S(=O)(=O)N2CC(=O)NC(C)C2)c1C. The summed E-state index contributed by atoms with van der Waals surface area (Å²) in [5.41, 5.74) is 3.42. The topological polar surface area (TPSA) is 66.5 Å². The van der Waals surface area contributed by atoms with Gasteiger partial charge in [0.25, 0.3) is 0 Å². The van der Waals surface area contributed by atoms with E-state index in [1.165, 1.54) is 4.31 Å². The molecule has 21 heavy (non-hydrogen) atoms. The molecule has 1 atom stereocenters. The summed E-state index contributed by atoms with van der Waals surface area (Å²) in [5, 5.41) is 2.74. The van der Waals surface area contributed by atoms with Crippen molar-refractivity contribution in [1.29, 1.82) is 0 Å². The number of benzene rings is 1. The number of amides is 1. The van der Waals surface area contributed by atoms with Gasteiger partial charge in [0.2, 0.25) is 15.9 Å². The Morgan fingerprint density at radius 1 is 1.14 bits per heavy atom. The van der Waals surface area contributed by atoms with Crippen molar-refractivity contribution < 1.29 is 13.2 Å². The third-order valence-electron chi connectivity index (χ3n) is 4.10. The lowest BCUT2D eigenvalue weighted by atomic mass is 10.0. The first kappa shape index (κ1) is 16.0. The number of hydrogen-bond acceptors (Lipinski definition) is 3. The second kappa shape index (κ2) is 5.42. The van der Waals surface area contributed by atoms with Gasteiger partial charge >= 0.3 is 0 Å². The smallest absolute Gasteiger partial charge is 0.244 e. The number of sulfonamides is 1. The molecule has 0 saturated carbocycles. The molecule has 0 radical (unpaired) electrons. The van der Waals surface area contributed by atoms with Crippen molar-refractivity contribution in [2.75, 3.05) is 13.1 Å². The van der Waals surface area contributed by atoms with E-state index in [1.807, 2.05) is 33.8 Å². The van der Waals surface area contributed by atoms with Crippen LogP contribution in [-0.2, 0) is 14.8 Å². The minimum Gasteiger partial charge on any atom is -0.351 e. The van der Waals surface area contributed by atoms with Crippen LogP contribution in [0.2, 0.25) is 0 Å². The molecular weight excluding hydrogens is 288 g/mol. The number of nitrogens with one attached hydrogen (secondary N) is 1. The van der Waals surface area contributed by atoms with Crippen LogP contribution in [-0.4, -0.2) is 37.8 Å². The summed E-state index contributed by atoms with van der Waals surface area (Å²) in [5.74, 6) is -0.253. The van der Waals surface area contributed by atoms with Gasteiger partial charge in [0.05, 0.1) is 11.4 Å². The first-order valence-electron chi connectivity index (χ1n) is 7.01. The number of rotatable bonds is 2.